The molecule has 2 aliphatic rings. The van der Waals surface area contributed by atoms with Crippen LogP contribution in [0.2, 0.25) is 0 Å². The summed E-state index contributed by atoms with van der Waals surface area (Å²) in [6, 6.07) is 25.8. The van der Waals surface area contributed by atoms with Crippen molar-refractivity contribution in [1.82, 2.24) is 4.57 Å². The van der Waals surface area contributed by atoms with Crippen LogP contribution in [0.1, 0.15) is 33.6 Å². The lowest BCUT2D eigenvalue weighted by Crippen LogP contribution is -2.39. The first-order valence-corrected chi connectivity index (χ1v) is 13.1. The zero-order valence-electron chi connectivity index (χ0n) is 17.3. The summed E-state index contributed by atoms with van der Waals surface area (Å²) in [5.74, 6) is -0.364. The molecule has 0 amide bonds. The number of nitrogens with zero attached hydrogens (tertiary/aromatic N) is 1. The Morgan fingerprint density at radius 3 is 2.42 bits per heavy atom. The minimum absolute atomic E-state index is 0.000646. The van der Waals surface area contributed by atoms with E-state index in [-0.39, 0.29) is 22.0 Å². The Kier molecular flexibility index (Phi) is 5.28. The van der Waals surface area contributed by atoms with Gasteiger partial charge in [0.2, 0.25) is 0 Å². The smallest absolute Gasteiger partial charge is 0.316 e. The van der Waals surface area contributed by atoms with Crippen LogP contribution in [0.15, 0.2) is 92.3 Å². The van der Waals surface area contributed by atoms with Crippen molar-refractivity contribution >= 4 is 45.0 Å². The van der Waals surface area contributed by atoms with Crippen LogP contribution in [0.25, 0.3) is 0 Å². The summed E-state index contributed by atoms with van der Waals surface area (Å²) in [5, 5.41) is -0.133. The second-order valence-electron chi connectivity index (χ2n) is 8.17. The normalized spacial score (nSPS) is 21.0. The van der Waals surface area contributed by atoms with Gasteiger partial charge in [-0.25, -0.2) is 0 Å². The van der Waals surface area contributed by atoms with Gasteiger partial charge in [-0.15, -0.1) is 11.8 Å². The Morgan fingerprint density at radius 1 is 0.939 bits per heavy atom. The molecular formula is C26H18BrNO3S2. The Morgan fingerprint density at radius 2 is 1.67 bits per heavy atom. The third kappa shape index (κ3) is 3.59. The molecule has 0 spiro atoms. The van der Waals surface area contributed by atoms with E-state index in [1.165, 1.54) is 11.3 Å². The molecule has 0 saturated heterocycles. The van der Waals surface area contributed by atoms with Gasteiger partial charge >= 0.3 is 10.8 Å². The van der Waals surface area contributed by atoms with Gasteiger partial charge in [0.1, 0.15) is 5.75 Å². The zero-order valence-corrected chi connectivity index (χ0v) is 20.5. The van der Waals surface area contributed by atoms with Crippen molar-refractivity contribution in [1.29, 1.82) is 0 Å². The molecule has 3 aromatic carbocycles. The summed E-state index contributed by atoms with van der Waals surface area (Å²) >= 11 is 6.47. The maximum atomic E-state index is 13.4. The number of ether oxygens (including phenoxy) is 1. The summed E-state index contributed by atoms with van der Waals surface area (Å²) in [6.45, 7) is 0.476. The quantitative estimate of drug-likeness (QED) is 0.230. The fourth-order valence-corrected chi connectivity index (χ4v) is 7.94. The molecule has 0 fully saturated rings. The number of thiazole rings is 1. The molecule has 0 aliphatic carbocycles. The van der Waals surface area contributed by atoms with Crippen molar-refractivity contribution in [3.05, 3.63) is 115 Å². The van der Waals surface area contributed by atoms with E-state index >= 15 is 0 Å². The van der Waals surface area contributed by atoms with Crippen LogP contribution in [0, 0.1) is 5.92 Å². The van der Waals surface area contributed by atoms with Crippen LogP contribution in [0.4, 0.5) is 0 Å². The molecule has 2 aliphatic heterocycles. The van der Waals surface area contributed by atoms with E-state index in [0.717, 1.165) is 31.1 Å². The molecule has 3 atom stereocenters. The highest BCUT2D eigenvalue weighted by atomic mass is 79.9. The molecular weight excluding hydrogens is 518 g/mol. The number of esters is 1. The summed E-state index contributed by atoms with van der Waals surface area (Å²) in [7, 11) is 0. The van der Waals surface area contributed by atoms with Crippen LogP contribution in [0.5, 0.6) is 5.75 Å². The standard InChI is InChI=1S/C26H18BrNO3S2/c27-17-11-12-19-18(13-17)20-21(24(29)31-19)23(16-9-5-2-6-10-16)32-25-22(20)28(26(30)33-25)14-15-7-3-1-4-8-15/h1-13,20-21,23H,14H2. The molecule has 0 radical (unpaired) electrons. The van der Waals surface area contributed by atoms with Gasteiger partial charge in [-0.05, 0) is 29.3 Å². The van der Waals surface area contributed by atoms with Gasteiger partial charge in [-0.3, -0.25) is 14.2 Å². The highest BCUT2D eigenvalue weighted by Crippen LogP contribution is 2.59. The summed E-state index contributed by atoms with van der Waals surface area (Å²) in [6.07, 6.45) is 0. The molecule has 0 saturated carbocycles. The maximum absolute atomic E-state index is 13.4. The number of halogens is 1. The zero-order chi connectivity index (χ0) is 22.5. The minimum Gasteiger partial charge on any atom is -0.426 e. The molecule has 1 aromatic heterocycles. The van der Waals surface area contributed by atoms with Crippen LogP contribution in [-0.4, -0.2) is 10.5 Å². The average molecular weight is 536 g/mol. The molecule has 7 heteroatoms. The fourth-order valence-electron chi connectivity index (χ4n) is 4.77. The molecule has 6 rings (SSSR count). The predicted octanol–water partition coefficient (Wildman–Crippen LogP) is 6.23. The molecule has 4 nitrogen and oxygen atoms in total. The highest BCUT2D eigenvalue weighted by molar-refractivity contribution is 9.10. The number of thioether (sulfide) groups is 1. The first-order chi connectivity index (χ1) is 16.1. The van der Waals surface area contributed by atoms with Crippen molar-refractivity contribution in [3.63, 3.8) is 0 Å². The van der Waals surface area contributed by atoms with E-state index < -0.39 is 5.92 Å². The monoisotopic (exact) mass is 535 g/mol. The molecule has 3 unspecified atom stereocenters. The van der Waals surface area contributed by atoms with Crippen molar-refractivity contribution < 1.29 is 9.53 Å². The number of aromatic nitrogens is 1. The summed E-state index contributed by atoms with van der Waals surface area (Å²) in [4.78, 5) is 26.6. The van der Waals surface area contributed by atoms with Crippen molar-refractivity contribution in [2.45, 2.75) is 21.9 Å². The van der Waals surface area contributed by atoms with Gasteiger partial charge in [-0.2, -0.15) is 0 Å². The lowest BCUT2D eigenvalue weighted by molar-refractivity contribution is -0.141. The number of rotatable bonds is 3. The fraction of sp³-hybridized carbons (Fsp3) is 0.154. The van der Waals surface area contributed by atoms with Gasteiger partial charge in [-0.1, -0.05) is 87.9 Å². The van der Waals surface area contributed by atoms with Gasteiger partial charge in [0, 0.05) is 21.2 Å². The van der Waals surface area contributed by atoms with E-state index in [4.69, 9.17) is 4.74 Å². The minimum atomic E-state index is -0.428. The number of fused-ring (bicyclic) bond motifs is 5. The van der Waals surface area contributed by atoms with E-state index in [0.29, 0.717) is 12.3 Å². The predicted molar refractivity (Wildman–Crippen MR) is 134 cm³/mol. The van der Waals surface area contributed by atoms with Crippen LogP contribution < -0.4 is 9.61 Å². The number of hydrogen-bond acceptors (Lipinski definition) is 5. The third-order valence-corrected chi connectivity index (χ3v) is 9.28. The molecule has 3 heterocycles. The molecule has 4 aromatic rings. The largest absolute Gasteiger partial charge is 0.426 e. The van der Waals surface area contributed by atoms with Gasteiger partial charge in [0.05, 0.1) is 22.4 Å². The van der Waals surface area contributed by atoms with Gasteiger partial charge in [0.15, 0.2) is 0 Å². The molecule has 0 bridgehead atoms. The number of carbonyl (C=O) groups excluding carboxylic acids is 1. The Bertz CT molecular complexity index is 1410. The summed E-state index contributed by atoms with van der Waals surface area (Å²) in [5.41, 5.74) is 3.98. The number of benzene rings is 3. The molecule has 33 heavy (non-hydrogen) atoms. The maximum Gasteiger partial charge on any atom is 0.316 e. The van der Waals surface area contributed by atoms with Crippen molar-refractivity contribution in [2.24, 2.45) is 5.92 Å². The second kappa shape index (κ2) is 8.31. The lowest BCUT2D eigenvalue weighted by atomic mass is 9.77. The SMILES string of the molecule is O=C1Oc2ccc(Br)cc2C2c3c(sc(=O)n3Cc3ccccc3)SC(c3ccccc3)C12. The van der Waals surface area contributed by atoms with Crippen molar-refractivity contribution in [2.75, 3.05) is 0 Å². The topological polar surface area (TPSA) is 48.3 Å². The summed E-state index contributed by atoms with van der Waals surface area (Å²) < 4.78 is 9.58. The number of hydrogen-bond donors (Lipinski definition) is 0. The molecule has 164 valence electrons. The van der Waals surface area contributed by atoms with Crippen LogP contribution in [0.3, 0.4) is 0 Å². The highest BCUT2D eigenvalue weighted by Gasteiger charge is 2.50. The van der Waals surface area contributed by atoms with Crippen LogP contribution >= 0.6 is 39.0 Å². The van der Waals surface area contributed by atoms with E-state index in [9.17, 15) is 9.59 Å². The van der Waals surface area contributed by atoms with Gasteiger partial charge < -0.3 is 4.74 Å². The van der Waals surface area contributed by atoms with Gasteiger partial charge in [0.25, 0.3) is 0 Å². The van der Waals surface area contributed by atoms with E-state index in [1.807, 2.05) is 83.4 Å². The average Bonchev–Trinajstić information content (AvgIpc) is 3.14. The molecule has 0 N–H and O–H groups in total. The first kappa shape index (κ1) is 21.0. The Balaban J connectivity index is 1.58. The third-order valence-electron chi connectivity index (χ3n) is 6.22. The van der Waals surface area contributed by atoms with Crippen LogP contribution in [-0.2, 0) is 11.3 Å². The second-order valence-corrected chi connectivity index (χ2v) is 11.5. The number of carbonyl (C=O) groups is 1. The Labute approximate surface area is 207 Å². The Hall–Kier alpha value is -2.61. The first-order valence-electron chi connectivity index (χ1n) is 10.6. The van der Waals surface area contributed by atoms with E-state index in [2.05, 4.69) is 15.9 Å². The van der Waals surface area contributed by atoms with E-state index in [1.54, 1.807) is 11.8 Å². The lowest BCUT2D eigenvalue weighted by Gasteiger charge is -2.40. The van der Waals surface area contributed by atoms with Crippen molar-refractivity contribution in [3.8, 4) is 5.75 Å².